The third-order valence-corrected chi connectivity index (χ3v) is 17.7. The first-order valence-electron chi connectivity index (χ1n) is 33.7. The highest BCUT2D eigenvalue weighted by atomic mass is 31.2. The maximum atomic E-state index is 16.2. The van der Waals surface area contributed by atoms with Gasteiger partial charge in [-0.25, -0.2) is 4.57 Å². The van der Waals surface area contributed by atoms with Crippen LogP contribution < -0.4 is 9.47 Å². The molecule has 16 nitrogen and oxygen atoms in total. The largest absolute Gasteiger partial charge is 0.497 e. The van der Waals surface area contributed by atoms with Crippen LogP contribution in [0.4, 0.5) is 0 Å². The minimum absolute atomic E-state index is 0.0318. The molecule has 1 unspecified atom stereocenters. The first-order chi connectivity index (χ1) is 45.6. The summed E-state index contributed by atoms with van der Waals surface area (Å²) in [5.41, 5.74) is 4.86. The minimum Gasteiger partial charge on any atom is -0.497 e. The van der Waals surface area contributed by atoms with Crippen molar-refractivity contribution in [2.75, 3.05) is 34.2 Å². The van der Waals surface area contributed by atoms with Crippen molar-refractivity contribution >= 4 is 19.8 Å². The Bertz CT molecular complexity index is 2960. The quantitative estimate of drug-likeness (QED) is 0.0153. The lowest BCUT2D eigenvalue weighted by atomic mass is 9.83. The average molecular weight is 1300 g/mol. The number of phosphoric acid groups is 1. The van der Waals surface area contributed by atoms with Gasteiger partial charge in [-0.05, 0) is 70.5 Å². The molecule has 0 bridgehead atoms. The molecular weight excluding hydrogens is 1200 g/mol. The van der Waals surface area contributed by atoms with Crippen molar-refractivity contribution in [1.29, 1.82) is 0 Å². The Morgan fingerprint density at radius 2 is 0.753 bits per heavy atom. The van der Waals surface area contributed by atoms with Gasteiger partial charge in [0.1, 0.15) is 61.5 Å². The van der Waals surface area contributed by atoms with Crippen molar-refractivity contribution in [2.24, 2.45) is 0 Å². The molecule has 0 aliphatic heterocycles. The van der Waals surface area contributed by atoms with Gasteiger partial charge in [-0.2, -0.15) is 0 Å². The fourth-order valence-corrected chi connectivity index (χ4v) is 12.4. The van der Waals surface area contributed by atoms with E-state index in [2.05, 4.69) is 6.92 Å². The molecule has 0 N–H and O–H groups in total. The van der Waals surface area contributed by atoms with Gasteiger partial charge in [-0.15, -0.1) is 0 Å². The van der Waals surface area contributed by atoms with E-state index in [-0.39, 0.29) is 65.9 Å². The molecule has 1 aliphatic carbocycles. The molecule has 7 rings (SSSR count). The zero-order chi connectivity index (χ0) is 65.4. The summed E-state index contributed by atoms with van der Waals surface area (Å²) < 4.78 is 101. The normalized spacial score (nSPS) is 18.1. The number of hydrogen-bond acceptors (Lipinski definition) is 16. The Hall–Kier alpha value is -6.27. The van der Waals surface area contributed by atoms with Crippen LogP contribution in [0.5, 0.6) is 11.5 Å². The summed E-state index contributed by atoms with van der Waals surface area (Å²) in [4.78, 5) is 26.8. The van der Waals surface area contributed by atoms with E-state index in [1.807, 2.05) is 177 Å². The van der Waals surface area contributed by atoms with E-state index < -0.39 is 69.1 Å². The predicted octanol–water partition coefficient (Wildman–Crippen LogP) is 17.2. The topological polar surface area (TPSA) is 171 Å². The zero-order valence-electron chi connectivity index (χ0n) is 55.3. The molecule has 0 spiro atoms. The van der Waals surface area contributed by atoms with Gasteiger partial charge in [0.05, 0.1) is 60.5 Å². The fourth-order valence-electron chi connectivity index (χ4n) is 11.0. The number of carbonyl (C=O) groups excluding carboxylic acids is 2. The van der Waals surface area contributed by atoms with Gasteiger partial charge in [-0.3, -0.25) is 23.2 Å². The Balaban J connectivity index is 1.20. The fraction of sp³-hybridized carbons (Fsp3) is 0.500. The summed E-state index contributed by atoms with van der Waals surface area (Å²) in [7, 11) is -1.72. The maximum absolute atomic E-state index is 16.2. The number of methoxy groups -OCH3 is 2. The molecular formula is C76H101O16P. The van der Waals surface area contributed by atoms with Crippen molar-refractivity contribution in [1.82, 2.24) is 0 Å². The summed E-state index contributed by atoms with van der Waals surface area (Å²) in [5, 5.41) is 0. The molecule has 0 radical (unpaired) electrons. The number of unbranched alkanes of at least 4 members (excludes halogenated alkanes) is 14. The Labute approximate surface area is 553 Å². The van der Waals surface area contributed by atoms with Crippen LogP contribution in [0.2, 0.25) is 0 Å². The molecule has 0 heterocycles. The first-order valence-corrected chi connectivity index (χ1v) is 35.1. The molecule has 0 aromatic heterocycles. The standard InChI is InChI=1S/C76H101O16P/c1-5-7-8-9-10-11-12-13-14-15-16-17-18-19-32-42-69(77)83-57-68(91-70(78)33-6-2)58-90-93(79,89-56-63-40-30-23-31-41-63)92-76-74(87-53-62-38-28-22-29-39-62)72(85-54-64-43-47-66(80-3)48-44-64)71(84-52-61-36-26-21-27-37-61)73(86-55-65-45-49-67(81-4)50-46-65)75(76)88-59-82-51-60-34-24-20-25-35-60/h20-31,34-41,43-50,68,71-76H,5-19,32-33,42,51-59H2,1-4H3/t68-,71+,72+,73-,74-,75-,76+,93?/m1/s1. The van der Waals surface area contributed by atoms with E-state index in [0.717, 1.165) is 47.1 Å². The van der Waals surface area contributed by atoms with Crippen molar-refractivity contribution in [2.45, 2.75) is 212 Å². The van der Waals surface area contributed by atoms with Crippen LogP contribution in [0.3, 0.4) is 0 Å². The third-order valence-electron chi connectivity index (χ3n) is 16.2. The van der Waals surface area contributed by atoms with Crippen molar-refractivity contribution in [3.8, 4) is 11.5 Å². The van der Waals surface area contributed by atoms with Crippen LogP contribution in [0.25, 0.3) is 0 Å². The highest BCUT2D eigenvalue weighted by Gasteiger charge is 2.57. The van der Waals surface area contributed by atoms with Gasteiger partial charge in [0.25, 0.3) is 0 Å². The number of esters is 2. The van der Waals surface area contributed by atoms with Crippen molar-refractivity contribution in [3.63, 3.8) is 0 Å². The Morgan fingerprint density at radius 3 is 1.17 bits per heavy atom. The molecule has 0 saturated heterocycles. The number of rotatable bonds is 48. The molecule has 17 heteroatoms. The van der Waals surface area contributed by atoms with Gasteiger partial charge in [-0.1, -0.05) is 249 Å². The van der Waals surface area contributed by atoms with Crippen LogP contribution in [0.1, 0.15) is 163 Å². The first kappa shape index (κ1) is 74.1. The molecule has 8 atom stereocenters. The van der Waals surface area contributed by atoms with Crippen LogP contribution in [0.15, 0.2) is 170 Å². The number of phosphoric ester groups is 1. The van der Waals surface area contributed by atoms with Gasteiger partial charge in [0.15, 0.2) is 6.10 Å². The average Bonchev–Trinajstić information content (AvgIpc) is 0.767. The van der Waals surface area contributed by atoms with E-state index in [1.54, 1.807) is 14.2 Å². The van der Waals surface area contributed by atoms with Gasteiger partial charge >= 0.3 is 19.8 Å². The highest BCUT2D eigenvalue weighted by molar-refractivity contribution is 7.48. The number of benzene rings is 6. The van der Waals surface area contributed by atoms with Crippen LogP contribution in [-0.2, 0) is 105 Å². The molecule has 1 fully saturated rings. The summed E-state index contributed by atoms with van der Waals surface area (Å²) in [6, 6.07) is 53.3. The predicted molar refractivity (Wildman–Crippen MR) is 359 cm³/mol. The van der Waals surface area contributed by atoms with Crippen LogP contribution in [-0.4, -0.2) is 88.9 Å². The molecule has 93 heavy (non-hydrogen) atoms. The van der Waals surface area contributed by atoms with E-state index in [0.29, 0.717) is 29.9 Å². The number of hydrogen-bond donors (Lipinski definition) is 0. The summed E-state index contributed by atoms with van der Waals surface area (Å²) in [5.74, 6) is 0.341. The van der Waals surface area contributed by atoms with E-state index >= 15 is 4.57 Å². The summed E-state index contributed by atoms with van der Waals surface area (Å²) in [6.45, 7) is 3.08. The number of carbonyl (C=O) groups is 2. The molecule has 1 saturated carbocycles. The Kier molecular flexibility index (Phi) is 34.8. The second-order valence-corrected chi connectivity index (χ2v) is 25.3. The monoisotopic (exact) mass is 1300 g/mol. The van der Waals surface area contributed by atoms with Gasteiger partial charge in [0.2, 0.25) is 0 Å². The van der Waals surface area contributed by atoms with E-state index in [4.69, 9.17) is 60.9 Å². The SMILES string of the molecule is CCCCCCCCCCCCCCCCCC(=O)OC[C@H](COP(=O)(OCc1ccccc1)O[C@@H]1[C@H](OCOCc2ccccc2)[C@H](OCc2ccc(OC)cc2)[C@@H](OCc2ccccc2)[C@H](OCc2ccc(OC)cc2)[C@H]1OCc1ccccc1)OC(=O)CCC. The highest BCUT2D eigenvalue weighted by Crippen LogP contribution is 2.54. The lowest BCUT2D eigenvalue weighted by molar-refractivity contribution is -0.289. The van der Waals surface area contributed by atoms with Crippen molar-refractivity contribution < 1.29 is 75.1 Å². The number of ether oxygens (including phenoxy) is 10. The van der Waals surface area contributed by atoms with E-state index in [1.165, 1.54) is 70.6 Å². The summed E-state index contributed by atoms with van der Waals surface area (Å²) in [6.07, 6.45) is 10.6. The van der Waals surface area contributed by atoms with Gasteiger partial charge < -0.3 is 47.4 Å². The molecule has 6 aromatic carbocycles. The van der Waals surface area contributed by atoms with Gasteiger partial charge in [0, 0.05) is 12.8 Å². The Morgan fingerprint density at radius 1 is 0.376 bits per heavy atom. The second kappa shape index (κ2) is 43.7. The molecule has 1 aliphatic rings. The molecule has 506 valence electrons. The minimum atomic E-state index is -4.94. The lowest BCUT2D eigenvalue weighted by Gasteiger charge is -2.49. The van der Waals surface area contributed by atoms with E-state index in [9.17, 15) is 9.59 Å². The van der Waals surface area contributed by atoms with Crippen molar-refractivity contribution in [3.05, 3.63) is 203 Å². The smallest absolute Gasteiger partial charge is 0.475 e. The van der Waals surface area contributed by atoms with Crippen LogP contribution >= 0.6 is 7.82 Å². The second-order valence-electron chi connectivity index (χ2n) is 23.7. The summed E-state index contributed by atoms with van der Waals surface area (Å²) >= 11 is 0. The maximum Gasteiger partial charge on any atom is 0.475 e. The zero-order valence-corrected chi connectivity index (χ0v) is 56.2. The molecule has 6 aromatic rings. The lowest BCUT2D eigenvalue weighted by Crippen LogP contribution is -2.67. The third kappa shape index (κ3) is 27.9. The van der Waals surface area contributed by atoms with Crippen LogP contribution in [0, 0.1) is 0 Å². The molecule has 0 amide bonds.